The molecule has 1 fully saturated rings. The smallest absolute Gasteiger partial charge is 0.315 e. The lowest BCUT2D eigenvalue weighted by Gasteiger charge is -2.17. The zero-order valence-corrected chi connectivity index (χ0v) is 13.8. The van der Waals surface area contributed by atoms with Crippen molar-refractivity contribution in [3.8, 4) is 0 Å². The maximum Gasteiger partial charge on any atom is 0.315 e. The zero-order valence-electron chi connectivity index (χ0n) is 12.8. The first kappa shape index (κ1) is 15.0. The van der Waals surface area contributed by atoms with E-state index in [0.717, 1.165) is 12.0 Å². The van der Waals surface area contributed by atoms with Crippen LogP contribution in [0.3, 0.4) is 0 Å². The van der Waals surface area contributed by atoms with Gasteiger partial charge in [-0.25, -0.2) is 0 Å². The third kappa shape index (κ3) is 3.40. The molecular weight excluding hydrogens is 264 g/mol. The molecule has 0 heterocycles. The van der Waals surface area contributed by atoms with Crippen LogP contribution in [0, 0.1) is 11.3 Å². The summed E-state index contributed by atoms with van der Waals surface area (Å²) in [5.74, 6) is 0.384. The second-order valence-electron chi connectivity index (χ2n) is 6.94. The summed E-state index contributed by atoms with van der Waals surface area (Å²) in [4.78, 5) is 12.2. The van der Waals surface area contributed by atoms with E-state index in [4.69, 9.17) is 4.74 Å². The van der Waals surface area contributed by atoms with Gasteiger partial charge in [-0.15, -0.1) is 0 Å². The molecule has 108 valence electrons. The van der Waals surface area contributed by atoms with Gasteiger partial charge in [0.15, 0.2) is 0 Å². The number of methoxy groups -OCH3 is 1. The van der Waals surface area contributed by atoms with E-state index in [0.29, 0.717) is 5.92 Å². The SMILES string of the molecule is COC(=O)[C@@]1(/C=C/c2ccccc2)C[C@@H]1C[Si](C)(C)C. The van der Waals surface area contributed by atoms with Crippen molar-refractivity contribution in [2.75, 3.05) is 7.11 Å². The Bertz CT molecular complexity index is 501. The number of esters is 1. The molecule has 1 aromatic rings. The highest BCUT2D eigenvalue weighted by molar-refractivity contribution is 6.76. The standard InChI is InChI=1S/C17H24O2Si/c1-19-16(18)17(12-15(17)13-20(2,3)4)11-10-14-8-6-5-7-9-14/h5-11,15H,12-13H2,1-4H3/b11-10+/t15-,17+/m1/s1. The maximum absolute atomic E-state index is 12.2. The highest BCUT2D eigenvalue weighted by Gasteiger charge is 2.59. The van der Waals surface area contributed by atoms with Gasteiger partial charge in [-0.3, -0.25) is 4.79 Å². The number of hydrogen-bond donors (Lipinski definition) is 0. The highest BCUT2D eigenvalue weighted by Crippen LogP contribution is 2.58. The van der Waals surface area contributed by atoms with E-state index >= 15 is 0 Å². The second kappa shape index (κ2) is 5.56. The van der Waals surface area contributed by atoms with Gasteiger partial charge in [0.1, 0.15) is 0 Å². The van der Waals surface area contributed by atoms with Crippen molar-refractivity contribution in [1.29, 1.82) is 0 Å². The first-order chi connectivity index (χ1) is 9.37. The predicted octanol–water partition coefficient (Wildman–Crippen LogP) is 4.22. The lowest BCUT2D eigenvalue weighted by atomic mass is 10.0. The van der Waals surface area contributed by atoms with Crippen molar-refractivity contribution < 1.29 is 9.53 Å². The third-order valence-corrected chi connectivity index (χ3v) is 5.67. The van der Waals surface area contributed by atoms with Crippen LogP contribution in [0.4, 0.5) is 0 Å². The fourth-order valence-electron chi connectivity index (χ4n) is 2.86. The van der Waals surface area contributed by atoms with E-state index < -0.39 is 8.07 Å². The molecule has 3 heteroatoms. The average molecular weight is 288 g/mol. The van der Waals surface area contributed by atoms with Crippen molar-refractivity contribution in [3.05, 3.63) is 42.0 Å². The van der Waals surface area contributed by atoms with Crippen molar-refractivity contribution in [1.82, 2.24) is 0 Å². The minimum Gasteiger partial charge on any atom is -0.468 e. The number of ether oxygens (including phenoxy) is 1. The van der Waals surface area contributed by atoms with Gasteiger partial charge in [0, 0.05) is 8.07 Å². The number of benzene rings is 1. The number of carbonyl (C=O) groups excluding carboxylic acids is 1. The molecule has 2 atom stereocenters. The molecule has 0 radical (unpaired) electrons. The van der Waals surface area contributed by atoms with Gasteiger partial charge in [-0.2, -0.15) is 0 Å². The molecule has 0 aromatic heterocycles. The van der Waals surface area contributed by atoms with Gasteiger partial charge in [0.05, 0.1) is 12.5 Å². The Labute approximate surface area is 122 Å². The normalized spacial score (nSPS) is 25.7. The first-order valence-electron chi connectivity index (χ1n) is 7.20. The van der Waals surface area contributed by atoms with E-state index in [1.807, 2.05) is 18.2 Å². The molecule has 1 saturated carbocycles. The van der Waals surface area contributed by atoms with Crippen LogP contribution < -0.4 is 0 Å². The third-order valence-electron chi connectivity index (χ3n) is 3.95. The van der Waals surface area contributed by atoms with Crippen molar-refractivity contribution >= 4 is 20.1 Å². The van der Waals surface area contributed by atoms with Gasteiger partial charge >= 0.3 is 5.97 Å². The van der Waals surface area contributed by atoms with E-state index in [-0.39, 0.29) is 11.4 Å². The average Bonchev–Trinajstić information content (AvgIpc) is 3.08. The van der Waals surface area contributed by atoms with E-state index in [1.165, 1.54) is 13.2 Å². The van der Waals surface area contributed by atoms with Crippen LogP contribution >= 0.6 is 0 Å². The lowest BCUT2D eigenvalue weighted by molar-refractivity contribution is -0.145. The quantitative estimate of drug-likeness (QED) is 0.599. The molecule has 0 bridgehead atoms. The summed E-state index contributed by atoms with van der Waals surface area (Å²) in [7, 11) is 0.335. The van der Waals surface area contributed by atoms with Crippen LogP contribution in [0.2, 0.25) is 25.7 Å². The van der Waals surface area contributed by atoms with Crippen LogP contribution in [0.15, 0.2) is 36.4 Å². The summed E-state index contributed by atoms with van der Waals surface area (Å²) in [6, 6.07) is 11.3. The van der Waals surface area contributed by atoms with Crippen LogP contribution in [0.25, 0.3) is 6.08 Å². The maximum atomic E-state index is 12.2. The summed E-state index contributed by atoms with van der Waals surface area (Å²) in [5.41, 5.74) is 0.764. The van der Waals surface area contributed by atoms with Crippen molar-refractivity contribution in [3.63, 3.8) is 0 Å². The molecule has 2 nitrogen and oxygen atoms in total. The van der Waals surface area contributed by atoms with Gasteiger partial charge < -0.3 is 4.74 Å². The highest BCUT2D eigenvalue weighted by atomic mass is 28.3. The largest absolute Gasteiger partial charge is 0.468 e. The molecular formula is C17H24O2Si. The summed E-state index contributed by atoms with van der Waals surface area (Å²) in [6.45, 7) is 7.07. The minimum absolute atomic E-state index is 0.0760. The number of rotatable bonds is 5. The molecule has 1 aliphatic carbocycles. The Morgan fingerprint density at radius 3 is 2.55 bits per heavy atom. The van der Waals surface area contributed by atoms with E-state index in [9.17, 15) is 4.79 Å². The molecule has 0 spiro atoms. The topological polar surface area (TPSA) is 26.3 Å². The molecule has 1 aliphatic rings. The summed E-state index contributed by atoms with van der Waals surface area (Å²) >= 11 is 0. The van der Waals surface area contributed by atoms with Crippen LogP contribution in [-0.4, -0.2) is 21.2 Å². The fourth-order valence-corrected chi connectivity index (χ4v) is 4.85. The van der Waals surface area contributed by atoms with Crippen LogP contribution in [0.1, 0.15) is 12.0 Å². The molecule has 0 unspecified atom stereocenters. The lowest BCUT2D eigenvalue weighted by Crippen LogP contribution is -2.24. The molecule has 0 saturated heterocycles. The van der Waals surface area contributed by atoms with Crippen LogP contribution in [0.5, 0.6) is 0 Å². The van der Waals surface area contributed by atoms with Crippen molar-refractivity contribution in [2.45, 2.75) is 32.1 Å². The molecule has 1 aromatic carbocycles. The summed E-state index contributed by atoms with van der Waals surface area (Å²) < 4.78 is 5.04. The summed E-state index contributed by atoms with van der Waals surface area (Å²) in [6.07, 6.45) is 5.06. The van der Waals surface area contributed by atoms with E-state index in [2.05, 4.69) is 43.9 Å². The van der Waals surface area contributed by atoms with Gasteiger partial charge in [-0.1, -0.05) is 68.2 Å². The Hall–Kier alpha value is -1.35. The first-order valence-corrected chi connectivity index (χ1v) is 10.9. The Balaban J connectivity index is 2.15. The monoisotopic (exact) mass is 288 g/mol. The predicted molar refractivity (Wildman–Crippen MR) is 86.2 cm³/mol. The van der Waals surface area contributed by atoms with Crippen molar-refractivity contribution in [2.24, 2.45) is 11.3 Å². The Kier molecular flexibility index (Phi) is 4.19. The second-order valence-corrected chi connectivity index (χ2v) is 12.5. The van der Waals surface area contributed by atoms with Gasteiger partial charge in [-0.05, 0) is 17.9 Å². The molecule has 0 amide bonds. The molecule has 0 N–H and O–H groups in total. The minimum atomic E-state index is -1.16. The van der Waals surface area contributed by atoms with Gasteiger partial charge in [0.25, 0.3) is 0 Å². The summed E-state index contributed by atoms with van der Waals surface area (Å²) in [5, 5.41) is 0. The Morgan fingerprint density at radius 1 is 1.35 bits per heavy atom. The molecule has 0 aliphatic heterocycles. The molecule has 2 rings (SSSR count). The van der Waals surface area contributed by atoms with Gasteiger partial charge in [0.2, 0.25) is 0 Å². The zero-order chi connectivity index (χ0) is 14.8. The molecule has 20 heavy (non-hydrogen) atoms. The van der Waals surface area contributed by atoms with Crippen LogP contribution in [-0.2, 0) is 9.53 Å². The fraction of sp³-hybridized carbons (Fsp3) is 0.471. The van der Waals surface area contributed by atoms with E-state index in [1.54, 1.807) is 0 Å². The number of carbonyl (C=O) groups is 1. The Morgan fingerprint density at radius 2 is 2.00 bits per heavy atom. The number of hydrogen-bond acceptors (Lipinski definition) is 2.